The quantitative estimate of drug-likeness (QED) is 0.107. The summed E-state index contributed by atoms with van der Waals surface area (Å²) in [6, 6.07) is 43.6. The van der Waals surface area contributed by atoms with Crippen molar-refractivity contribution < 1.29 is 23.9 Å². The van der Waals surface area contributed by atoms with Gasteiger partial charge in [0.2, 0.25) is 11.8 Å². The van der Waals surface area contributed by atoms with Gasteiger partial charge in [-0.15, -0.1) is 0 Å². The second kappa shape index (κ2) is 19.0. The van der Waals surface area contributed by atoms with E-state index in [0.717, 1.165) is 27.8 Å². The SMILES string of the molecule is O=C(N[C@@H](Cc1ccccc1)C(=O)N[C@@H](Cc1ccccc1)C(=O)N[C@@H](Cc1ccccc1)C(=O)/C=C/c1ccccc1)OCc1ccccc1. The molecular formula is C43H41N3O5. The van der Waals surface area contributed by atoms with E-state index in [4.69, 9.17) is 4.74 Å². The molecule has 0 aliphatic carbocycles. The van der Waals surface area contributed by atoms with Crippen molar-refractivity contribution in [2.45, 2.75) is 44.0 Å². The molecule has 0 saturated heterocycles. The Kier molecular flexibility index (Phi) is 13.5. The number of hydrogen-bond acceptors (Lipinski definition) is 5. The first kappa shape index (κ1) is 36.0. The molecule has 0 fully saturated rings. The van der Waals surface area contributed by atoms with Gasteiger partial charge in [-0.1, -0.05) is 158 Å². The summed E-state index contributed by atoms with van der Waals surface area (Å²) in [6.45, 7) is 0.0287. The summed E-state index contributed by atoms with van der Waals surface area (Å²) in [4.78, 5) is 54.7. The van der Waals surface area contributed by atoms with E-state index in [1.807, 2.05) is 152 Å². The normalized spacial score (nSPS) is 12.6. The zero-order valence-electron chi connectivity index (χ0n) is 28.2. The van der Waals surface area contributed by atoms with Crippen LogP contribution >= 0.6 is 0 Å². The lowest BCUT2D eigenvalue weighted by atomic mass is 9.99. The van der Waals surface area contributed by atoms with E-state index in [9.17, 15) is 19.2 Å². The lowest BCUT2D eigenvalue weighted by molar-refractivity contribution is -0.131. The molecule has 0 aliphatic rings. The van der Waals surface area contributed by atoms with Gasteiger partial charge in [-0.3, -0.25) is 14.4 Å². The predicted molar refractivity (Wildman–Crippen MR) is 198 cm³/mol. The number of amides is 3. The average Bonchev–Trinajstić information content (AvgIpc) is 3.17. The first-order valence-electron chi connectivity index (χ1n) is 16.9. The number of nitrogens with one attached hydrogen (secondary N) is 3. The van der Waals surface area contributed by atoms with Crippen molar-refractivity contribution in [2.24, 2.45) is 0 Å². The molecule has 0 spiro atoms. The van der Waals surface area contributed by atoms with Gasteiger partial charge in [0.15, 0.2) is 5.78 Å². The third-order valence-corrected chi connectivity index (χ3v) is 8.20. The van der Waals surface area contributed by atoms with Crippen LogP contribution in [0.3, 0.4) is 0 Å². The van der Waals surface area contributed by atoms with E-state index in [1.54, 1.807) is 6.08 Å². The summed E-state index contributed by atoms with van der Waals surface area (Å²) in [5, 5.41) is 8.51. The molecule has 8 nitrogen and oxygen atoms in total. The molecule has 0 unspecified atom stereocenters. The van der Waals surface area contributed by atoms with Crippen molar-refractivity contribution in [2.75, 3.05) is 0 Å². The molecule has 0 aromatic heterocycles. The summed E-state index contributed by atoms with van der Waals surface area (Å²) in [5.41, 5.74) is 4.14. The molecule has 5 rings (SSSR count). The highest BCUT2D eigenvalue weighted by Crippen LogP contribution is 2.11. The number of ketones is 1. The van der Waals surface area contributed by atoms with Gasteiger partial charge >= 0.3 is 6.09 Å². The minimum absolute atomic E-state index is 0.0287. The Balaban J connectivity index is 1.36. The van der Waals surface area contributed by atoms with E-state index in [-0.39, 0.29) is 31.7 Å². The van der Waals surface area contributed by atoms with E-state index in [2.05, 4.69) is 16.0 Å². The Bertz CT molecular complexity index is 1870. The maximum atomic E-state index is 14.1. The molecule has 5 aromatic carbocycles. The molecule has 0 aliphatic heterocycles. The topological polar surface area (TPSA) is 114 Å². The minimum atomic E-state index is -1.07. The fraction of sp³-hybridized carbons (Fsp3) is 0.163. The lowest BCUT2D eigenvalue weighted by Crippen LogP contribution is -2.57. The molecule has 3 atom stereocenters. The molecule has 0 bridgehead atoms. The van der Waals surface area contributed by atoms with Crippen LogP contribution in [0.25, 0.3) is 6.08 Å². The van der Waals surface area contributed by atoms with Crippen molar-refractivity contribution in [3.63, 3.8) is 0 Å². The van der Waals surface area contributed by atoms with Gasteiger partial charge in [-0.25, -0.2) is 4.79 Å². The monoisotopic (exact) mass is 679 g/mol. The van der Waals surface area contributed by atoms with Gasteiger partial charge in [0, 0.05) is 19.3 Å². The highest BCUT2D eigenvalue weighted by molar-refractivity contribution is 6.01. The van der Waals surface area contributed by atoms with E-state index in [1.165, 1.54) is 6.08 Å². The van der Waals surface area contributed by atoms with Crippen molar-refractivity contribution in [3.8, 4) is 0 Å². The summed E-state index contributed by atoms with van der Waals surface area (Å²) in [7, 11) is 0. The summed E-state index contributed by atoms with van der Waals surface area (Å²) in [6.07, 6.45) is 2.98. The van der Waals surface area contributed by atoms with Gasteiger partial charge < -0.3 is 20.7 Å². The van der Waals surface area contributed by atoms with Gasteiger partial charge in [-0.2, -0.15) is 0 Å². The van der Waals surface area contributed by atoms with Crippen LogP contribution in [0.5, 0.6) is 0 Å². The Morgan fingerprint density at radius 2 is 0.843 bits per heavy atom. The zero-order chi connectivity index (χ0) is 35.7. The highest BCUT2D eigenvalue weighted by Gasteiger charge is 2.30. The number of carbonyl (C=O) groups excluding carboxylic acids is 4. The Hall–Kier alpha value is -6.28. The molecule has 0 heterocycles. The molecule has 3 amide bonds. The summed E-state index contributed by atoms with van der Waals surface area (Å²) >= 11 is 0. The van der Waals surface area contributed by atoms with Crippen molar-refractivity contribution in [1.29, 1.82) is 0 Å². The second-order valence-corrected chi connectivity index (χ2v) is 12.1. The van der Waals surface area contributed by atoms with Crippen LogP contribution in [0.1, 0.15) is 27.8 Å². The van der Waals surface area contributed by atoms with Crippen molar-refractivity contribution in [1.82, 2.24) is 16.0 Å². The standard InChI is InChI=1S/C43H41N3O5/c47-40(27-26-32-16-6-1-7-17-32)37(28-33-18-8-2-9-19-33)44-41(48)38(29-34-20-10-3-11-21-34)45-42(49)39(30-35-22-12-4-13-23-35)46-43(50)51-31-36-24-14-5-15-25-36/h1-27,37-39H,28-31H2,(H,44,48)(H,45,49)(H,46,50)/b27-26+/t37-,38-,39-/m0/s1. The maximum Gasteiger partial charge on any atom is 0.408 e. The highest BCUT2D eigenvalue weighted by atomic mass is 16.5. The number of rotatable bonds is 16. The molecular weight excluding hydrogens is 638 g/mol. The number of alkyl carbamates (subject to hydrolysis) is 1. The van der Waals surface area contributed by atoms with Crippen LogP contribution in [-0.2, 0) is 45.0 Å². The van der Waals surface area contributed by atoms with E-state index < -0.39 is 36.0 Å². The van der Waals surface area contributed by atoms with Gasteiger partial charge in [0.25, 0.3) is 0 Å². The number of carbonyl (C=O) groups is 4. The molecule has 0 saturated carbocycles. The van der Waals surface area contributed by atoms with Crippen molar-refractivity contribution >= 4 is 29.8 Å². The van der Waals surface area contributed by atoms with Crippen LogP contribution in [0, 0.1) is 0 Å². The van der Waals surface area contributed by atoms with Crippen LogP contribution in [0.15, 0.2) is 158 Å². The Morgan fingerprint density at radius 3 is 1.31 bits per heavy atom. The Morgan fingerprint density at radius 1 is 0.471 bits per heavy atom. The molecule has 3 N–H and O–H groups in total. The Labute approximate surface area is 298 Å². The third kappa shape index (κ3) is 12.0. The van der Waals surface area contributed by atoms with Gasteiger partial charge in [-0.05, 0) is 33.9 Å². The first-order valence-corrected chi connectivity index (χ1v) is 16.9. The average molecular weight is 680 g/mol. The fourth-order valence-electron chi connectivity index (χ4n) is 5.50. The number of benzene rings is 5. The minimum Gasteiger partial charge on any atom is -0.445 e. The number of hydrogen-bond donors (Lipinski definition) is 3. The van der Waals surface area contributed by atoms with Crippen LogP contribution in [-0.4, -0.2) is 41.8 Å². The predicted octanol–water partition coefficient (Wildman–Crippen LogP) is 6.26. The second-order valence-electron chi connectivity index (χ2n) is 12.1. The van der Waals surface area contributed by atoms with Gasteiger partial charge in [0.1, 0.15) is 18.7 Å². The van der Waals surface area contributed by atoms with Crippen molar-refractivity contribution in [3.05, 3.63) is 186 Å². The third-order valence-electron chi connectivity index (χ3n) is 8.20. The van der Waals surface area contributed by atoms with E-state index >= 15 is 0 Å². The molecule has 51 heavy (non-hydrogen) atoms. The number of ether oxygens (including phenoxy) is 1. The fourth-order valence-corrected chi connectivity index (χ4v) is 5.50. The summed E-state index contributed by atoms with van der Waals surface area (Å²) in [5.74, 6) is -1.38. The summed E-state index contributed by atoms with van der Waals surface area (Å²) < 4.78 is 5.43. The molecule has 0 radical (unpaired) electrons. The van der Waals surface area contributed by atoms with E-state index in [0.29, 0.717) is 0 Å². The zero-order valence-corrected chi connectivity index (χ0v) is 28.2. The largest absolute Gasteiger partial charge is 0.445 e. The molecule has 258 valence electrons. The van der Waals surface area contributed by atoms with Crippen LogP contribution in [0.4, 0.5) is 4.79 Å². The molecule has 5 aromatic rings. The van der Waals surface area contributed by atoms with Crippen LogP contribution in [0.2, 0.25) is 0 Å². The molecule has 8 heteroatoms. The van der Waals surface area contributed by atoms with Crippen LogP contribution < -0.4 is 16.0 Å². The smallest absolute Gasteiger partial charge is 0.408 e. The first-order chi connectivity index (χ1) is 24.9. The maximum absolute atomic E-state index is 14.1. The van der Waals surface area contributed by atoms with Gasteiger partial charge in [0.05, 0.1) is 6.04 Å². The lowest BCUT2D eigenvalue weighted by Gasteiger charge is -2.25.